The molecule has 8 nitrogen and oxygen atoms in total. The molecule has 1 unspecified atom stereocenters. The molecule has 4 rings (SSSR count). The van der Waals surface area contributed by atoms with E-state index in [1.54, 1.807) is 33.5 Å². The number of nitrogen functional groups attached to an aromatic ring is 1. The van der Waals surface area contributed by atoms with Crippen molar-refractivity contribution < 1.29 is 18.9 Å². The maximum absolute atomic E-state index is 6.16. The SMILES string of the molecule is COc1cc(Nc2nc(N)c(C3=NC(c4cccc(Br)c4)CO3)s2)cc(OC)c1OC. The van der Waals surface area contributed by atoms with Crippen molar-refractivity contribution in [1.82, 2.24) is 4.98 Å². The van der Waals surface area contributed by atoms with E-state index in [-0.39, 0.29) is 6.04 Å². The molecule has 31 heavy (non-hydrogen) atoms. The fourth-order valence-corrected chi connectivity index (χ4v) is 4.47. The molecule has 1 aromatic heterocycles. The second-order valence-corrected chi connectivity index (χ2v) is 8.50. The van der Waals surface area contributed by atoms with E-state index < -0.39 is 0 Å². The third-order valence-electron chi connectivity index (χ3n) is 4.65. The number of rotatable bonds is 7. The molecule has 3 aromatic rings. The molecule has 0 aliphatic carbocycles. The number of hydrogen-bond donors (Lipinski definition) is 2. The molecule has 0 saturated carbocycles. The van der Waals surface area contributed by atoms with E-state index in [0.717, 1.165) is 15.7 Å². The molecule has 1 aliphatic rings. The Morgan fingerprint density at radius 1 is 1.13 bits per heavy atom. The second kappa shape index (κ2) is 9.03. The lowest BCUT2D eigenvalue weighted by molar-refractivity contribution is 0.320. The Labute approximate surface area is 192 Å². The van der Waals surface area contributed by atoms with E-state index in [1.165, 1.54) is 11.3 Å². The van der Waals surface area contributed by atoms with Crippen molar-refractivity contribution in [3.05, 3.63) is 51.3 Å². The number of ether oxygens (including phenoxy) is 4. The van der Waals surface area contributed by atoms with Crippen LogP contribution in [0.15, 0.2) is 45.9 Å². The highest BCUT2D eigenvalue weighted by molar-refractivity contribution is 9.10. The fraction of sp³-hybridized carbons (Fsp3) is 0.238. The van der Waals surface area contributed by atoms with E-state index in [0.29, 0.717) is 45.6 Å². The summed E-state index contributed by atoms with van der Waals surface area (Å²) in [6.45, 7) is 0.457. The number of nitrogens with two attached hydrogens (primary N) is 1. The van der Waals surface area contributed by atoms with Crippen LogP contribution in [-0.4, -0.2) is 38.8 Å². The predicted octanol–water partition coefficient (Wildman–Crippen LogP) is 4.78. The predicted molar refractivity (Wildman–Crippen MR) is 125 cm³/mol. The smallest absolute Gasteiger partial charge is 0.231 e. The normalized spacial score (nSPS) is 15.2. The van der Waals surface area contributed by atoms with Crippen molar-refractivity contribution in [2.75, 3.05) is 39.0 Å². The third kappa shape index (κ3) is 4.40. The molecule has 0 amide bonds. The van der Waals surface area contributed by atoms with Gasteiger partial charge >= 0.3 is 0 Å². The minimum Gasteiger partial charge on any atom is -0.493 e. The zero-order valence-electron chi connectivity index (χ0n) is 17.1. The molecule has 0 spiro atoms. The molecule has 162 valence electrons. The molecule has 0 bridgehead atoms. The second-order valence-electron chi connectivity index (χ2n) is 6.59. The standard InChI is InChI=1S/C21H21BrN4O4S/c1-27-15-8-13(9-16(28-2)17(15)29-3)24-21-26-19(23)18(31-21)20-25-14(10-30-20)11-5-4-6-12(22)7-11/h4-9,14H,10,23H2,1-3H3,(H,24,26). The summed E-state index contributed by atoms with van der Waals surface area (Å²) in [4.78, 5) is 9.82. The number of methoxy groups -OCH3 is 3. The van der Waals surface area contributed by atoms with Crippen LogP contribution < -0.4 is 25.3 Å². The van der Waals surface area contributed by atoms with Gasteiger partial charge in [-0.2, -0.15) is 0 Å². The van der Waals surface area contributed by atoms with Gasteiger partial charge in [-0.3, -0.25) is 0 Å². The Morgan fingerprint density at radius 2 is 1.87 bits per heavy atom. The summed E-state index contributed by atoms with van der Waals surface area (Å²) < 4.78 is 23.0. The zero-order chi connectivity index (χ0) is 22.0. The number of hydrogen-bond acceptors (Lipinski definition) is 9. The molecule has 10 heteroatoms. The summed E-state index contributed by atoms with van der Waals surface area (Å²) in [5.74, 6) is 2.44. The quantitative estimate of drug-likeness (QED) is 0.477. The van der Waals surface area contributed by atoms with Gasteiger partial charge in [0.25, 0.3) is 0 Å². The number of halogens is 1. The largest absolute Gasteiger partial charge is 0.493 e. The number of aliphatic imine (C=N–C) groups is 1. The summed E-state index contributed by atoms with van der Waals surface area (Å²) in [5, 5.41) is 3.83. The van der Waals surface area contributed by atoms with Crippen LogP contribution in [0.3, 0.4) is 0 Å². The number of thiazole rings is 1. The van der Waals surface area contributed by atoms with Gasteiger partial charge in [0, 0.05) is 22.3 Å². The number of anilines is 3. The van der Waals surface area contributed by atoms with E-state index >= 15 is 0 Å². The maximum Gasteiger partial charge on any atom is 0.231 e. The van der Waals surface area contributed by atoms with Crippen LogP contribution >= 0.6 is 27.3 Å². The number of aromatic nitrogens is 1. The van der Waals surface area contributed by atoms with E-state index in [9.17, 15) is 0 Å². The van der Waals surface area contributed by atoms with E-state index in [1.807, 2.05) is 24.3 Å². The molecular weight excluding hydrogens is 484 g/mol. The van der Waals surface area contributed by atoms with Crippen LogP contribution in [0.4, 0.5) is 16.6 Å². The minimum atomic E-state index is -0.0829. The third-order valence-corrected chi connectivity index (χ3v) is 6.12. The molecule has 0 fully saturated rings. The zero-order valence-corrected chi connectivity index (χ0v) is 19.5. The molecule has 1 aliphatic heterocycles. The van der Waals surface area contributed by atoms with Crippen LogP contribution in [-0.2, 0) is 4.74 Å². The van der Waals surface area contributed by atoms with Crippen molar-refractivity contribution in [1.29, 1.82) is 0 Å². The van der Waals surface area contributed by atoms with Crippen molar-refractivity contribution in [2.45, 2.75) is 6.04 Å². The fourth-order valence-electron chi connectivity index (χ4n) is 3.20. The molecule has 0 saturated heterocycles. The van der Waals surface area contributed by atoms with Crippen LogP contribution in [0, 0.1) is 0 Å². The van der Waals surface area contributed by atoms with Crippen LogP contribution in [0.2, 0.25) is 0 Å². The lowest BCUT2D eigenvalue weighted by Gasteiger charge is -2.14. The lowest BCUT2D eigenvalue weighted by Crippen LogP contribution is -2.02. The molecule has 1 atom stereocenters. The highest BCUT2D eigenvalue weighted by Crippen LogP contribution is 2.41. The van der Waals surface area contributed by atoms with Gasteiger partial charge in [-0.15, -0.1) is 0 Å². The maximum atomic E-state index is 6.16. The van der Waals surface area contributed by atoms with Crippen molar-refractivity contribution in [2.24, 2.45) is 4.99 Å². The van der Waals surface area contributed by atoms with Gasteiger partial charge in [0.1, 0.15) is 23.3 Å². The van der Waals surface area contributed by atoms with Crippen LogP contribution in [0.25, 0.3) is 0 Å². The van der Waals surface area contributed by atoms with Crippen molar-refractivity contribution in [3.8, 4) is 17.2 Å². The first-order valence-electron chi connectivity index (χ1n) is 9.32. The van der Waals surface area contributed by atoms with Gasteiger partial charge in [-0.1, -0.05) is 39.4 Å². The average Bonchev–Trinajstić information content (AvgIpc) is 3.39. The highest BCUT2D eigenvalue weighted by atomic mass is 79.9. The van der Waals surface area contributed by atoms with Crippen molar-refractivity contribution in [3.63, 3.8) is 0 Å². The minimum absolute atomic E-state index is 0.0829. The summed E-state index contributed by atoms with van der Waals surface area (Å²) in [5.41, 5.74) is 7.95. The van der Waals surface area contributed by atoms with E-state index in [4.69, 9.17) is 29.7 Å². The first kappa shape index (κ1) is 21.3. The van der Waals surface area contributed by atoms with Gasteiger partial charge in [0.2, 0.25) is 11.6 Å². The number of nitrogens with zero attached hydrogens (tertiary/aromatic N) is 2. The summed E-state index contributed by atoms with van der Waals surface area (Å²) in [6, 6.07) is 11.5. The average molecular weight is 505 g/mol. The topological polar surface area (TPSA) is 100 Å². The summed E-state index contributed by atoms with van der Waals surface area (Å²) >= 11 is 4.86. The Hall–Kier alpha value is -2.98. The molecule has 3 N–H and O–H groups in total. The Balaban J connectivity index is 1.58. The van der Waals surface area contributed by atoms with Gasteiger partial charge < -0.3 is 30.0 Å². The number of nitrogens with one attached hydrogen (secondary N) is 1. The Bertz CT molecular complexity index is 1110. The summed E-state index contributed by atoms with van der Waals surface area (Å²) in [7, 11) is 4.70. The molecule has 2 heterocycles. The first-order valence-corrected chi connectivity index (χ1v) is 10.9. The van der Waals surface area contributed by atoms with Gasteiger partial charge in [-0.05, 0) is 17.7 Å². The monoisotopic (exact) mass is 504 g/mol. The molecular formula is C21H21BrN4O4S. The summed E-state index contributed by atoms with van der Waals surface area (Å²) in [6.07, 6.45) is 0. The molecule has 0 radical (unpaired) electrons. The first-order chi connectivity index (χ1) is 15.0. The number of benzene rings is 2. The highest BCUT2D eigenvalue weighted by Gasteiger charge is 2.26. The van der Waals surface area contributed by atoms with Gasteiger partial charge in [-0.25, -0.2) is 9.98 Å². The Morgan fingerprint density at radius 3 is 2.52 bits per heavy atom. The van der Waals surface area contributed by atoms with Crippen molar-refractivity contribution >= 4 is 49.8 Å². The van der Waals surface area contributed by atoms with E-state index in [2.05, 4.69) is 26.2 Å². The van der Waals surface area contributed by atoms with Crippen LogP contribution in [0.1, 0.15) is 16.5 Å². The van der Waals surface area contributed by atoms with Gasteiger partial charge in [0.15, 0.2) is 16.6 Å². The molecule has 2 aromatic carbocycles. The Kier molecular flexibility index (Phi) is 6.19. The lowest BCUT2D eigenvalue weighted by atomic mass is 10.1. The van der Waals surface area contributed by atoms with Crippen LogP contribution in [0.5, 0.6) is 17.2 Å². The van der Waals surface area contributed by atoms with Gasteiger partial charge in [0.05, 0.1) is 21.3 Å².